The number of fused-ring (bicyclic) bond motifs is 1. The van der Waals surface area contributed by atoms with Crippen molar-refractivity contribution in [1.29, 1.82) is 0 Å². The van der Waals surface area contributed by atoms with Crippen LogP contribution in [0.3, 0.4) is 0 Å². The van der Waals surface area contributed by atoms with E-state index in [1.54, 1.807) is 19.1 Å². The Labute approximate surface area is 166 Å². The zero-order valence-electron chi connectivity index (χ0n) is 16.5. The molecular formula is C20H21N5O4. The van der Waals surface area contributed by atoms with Gasteiger partial charge in [0.25, 0.3) is 17.4 Å². The Hall–Kier alpha value is -3.88. The summed E-state index contributed by atoms with van der Waals surface area (Å²) < 4.78 is 6.59. The molecule has 3 aromatic rings. The third kappa shape index (κ3) is 3.06. The van der Waals surface area contributed by atoms with Crippen molar-refractivity contribution >= 4 is 28.5 Å². The Morgan fingerprint density at radius 1 is 1.17 bits per heavy atom. The lowest BCUT2D eigenvalue weighted by Gasteiger charge is -2.20. The van der Waals surface area contributed by atoms with Crippen molar-refractivity contribution in [3.8, 4) is 11.4 Å². The fraction of sp³-hybridized carbons (Fsp3) is 0.200. The molecular weight excluding hydrogens is 374 g/mol. The van der Waals surface area contributed by atoms with Gasteiger partial charge in [0.05, 0.1) is 23.7 Å². The van der Waals surface area contributed by atoms with E-state index in [4.69, 9.17) is 16.2 Å². The first-order chi connectivity index (χ1) is 13.7. The standard InChI is InChI=1S/C20H21N5O4/c1-9-5-8-13(29-4)10(2)16(9)25-17(21)14(18(22)26)15-11(20(25)28)6-7-12(24-15)19(27)23-3/h5-8H,21H2,1-4H3,(H2,22,26)(H,23,27). The lowest BCUT2D eigenvalue weighted by atomic mass is 10.0. The number of hydrogen-bond donors (Lipinski definition) is 3. The van der Waals surface area contributed by atoms with Crippen molar-refractivity contribution < 1.29 is 14.3 Å². The van der Waals surface area contributed by atoms with Gasteiger partial charge in [0.2, 0.25) is 0 Å². The summed E-state index contributed by atoms with van der Waals surface area (Å²) in [6.45, 7) is 3.60. The van der Waals surface area contributed by atoms with Crippen molar-refractivity contribution in [2.45, 2.75) is 13.8 Å². The highest BCUT2D eigenvalue weighted by molar-refractivity contribution is 6.09. The Kier molecular flexibility index (Phi) is 4.98. The zero-order valence-corrected chi connectivity index (χ0v) is 16.5. The van der Waals surface area contributed by atoms with Crippen LogP contribution in [0.2, 0.25) is 0 Å². The molecule has 9 nitrogen and oxygen atoms in total. The minimum absolute atomic E-state index is 0.0180. The van der Waals surface area contributed by atoms with E-state index in [9.17, 15) is 14.4 Å². The number of anilines is 1. The van der Waals surface area contributed by atoms with Gasteiger partial charge in [-0.1, -0.05) is 6.07 Å². The summed E-state index contributed by atoms with van der Waals surface area (Å²) in [7, 11) is 2.97. The molecule has 0 aliphatic heterocycles. The maximum Gasteiger partial charge on any atom is 0.269 e. The van der Waals surface area contributed by atoms with E-state index in [1.165, 1.54) is 30.9 Å². The highest BCUT2D eigenvalue weighted by Gasteiger charge is 2.24. The number of aryl methyl sites for hydroxylation is 1. The van der Waals surface area contributed by atoms with E-state index in [1.807, 2.05) is 6.92 Å². The monoisotopic (exact) mass is 395 g/mol. The van der Waals surface area contributed by atoms with Crippen LogP contribution in [0.15, 0.2) is 29.1 Å². The summed E-state index contributed by atoms with van der Waals surface area (Å²) in [4.78, 5) is 41.7. The number of hydrogen-bond acceptors (Lipinski definition) is 6. The average molecular weight is 395 g/mol. The normalized spacial score (nSPS) is 10.8. The van der Waals surface area contributed by atoms with Crippen molar-refractivity contribution in [1.82, 2.24) is 14.9 Å². The average Bonchev–Trinajstić information content (AvgIpc) is 2.69. The molecule has 1 aromatic carbocycles. The molecule has 0 spiro atoms. The molecule has 0 aliphatic carbocycles. The van der Waals surface area contributed by atoms with Crippen LogP contribution in [-0.2, 0) is 0 Å². The number of pyridine rings is 2. The van der Waals surface area contributed by atoms with Crippen LogP contribution in [0.5, 0.6) is 5.75 Å². The summed E-state index contributed by atoms with van der Waals surface area (Å²) in [6.07, 6.45) is 0. The SMILES string of the molecule is CNC(=O)c1ccc2c(=O)n(-c3c(C)ccc(OC)c3C)c(N)c(C(N)=O)c2n1. The molecule has 3 rings (SSSR count). The number of nitrogens with zero attached hydrogens (tertiary/aromatic N) is 2. The number of rotatable bonds is 4. The Bertz CT molecular complexity index is 1230. The molecule has 2 amide bonds. The van der Waals surface area contributed by atoms with E-state index < -0.39 is 17.4 Å². The minimum Gasteiger partial charge on any atom is -0.496 e. The predicted molar refractivity (Wildman–Crippen MR) is 110 cm³/mol. The number of nitrogens with one attached hydrogen (secondary N) is 1. The second-order valence-electron chi connectivity index (χ2n) is 6.50. The lowest BCUT2D eigenvalue weighted by molar-refractivity contribution is 0.0956. The second kappa shape index (κ2) is 7.27. The first kappa shape index (κ1) is 19.9. The van der Waals surface area contributed by atoms with Gasteiger partial charge >= 0.3 is 0 Å². The van der Waals surface area contributed by atoms with E-state index in [-0.39, 0.29) is 28.0 Å². The van der Waals surface area contributed by atoms with Crippen molar-refractivity contribution in [3.63, 3.8) is 0 Å². The second-order valence-corrected chi connectivity index (χ2v) is 6.50. The van der Waals surface area contributed by atoms with Crippen LogP contribution < -0.4 is 27.1 Å². The highest BCUT2D eigenvalue weighted by Crippen LogP contribution is 2.30. The number of methoxy groups -OCH3 is 1. The minimum atomic E-state index is -0.860. The number of benzene rings is 1. The smallest absolute Gasteiger partial charge is 0.269 e. The van der Waals surface area contributed by atoms with Gasteiger partial charge in [0.1, 0.15) is 22.8 Å². The molecule has 9 heteroatoms. The van der Waals surface area contributed by atoms with Gasteiger partial charge in [-0.3, -0.25) is 19.0 Å². The van der Waals surface area contributed by atoms with Gasteiger partial charge in [-0.05, 0) is 37.6 Å². The summed E-state index contributed by atoms with van der Waals surface area (Å²) in [5, 5.41) is 2.56. The van der Waals surface area contributed by atoms with Gasteiger partial charge in [-0.2, -0.15) is 0 Å². The topological polar surface area (TPSA) is 142 Å². The molecule has 0 aliphatic rings. The summed E-state index contributed by atoms with van der Waals surface area (Å²) in [5.41, 5.74) is 13.1. The third-order valence-corrected chi connectivity index (χ3v) is 4.80. The van der Waals surface area contributed by atoms with Gasteiger partial charge in [-0.15, -0.1) is 0 Å². The fourth-order valence-corrected chi connectivity index (χ4v) is 3.39. The summed E-state index contributed by atoms with van der Waals surface area (Å²) >= 11 is 0. The maximum atomic E-state index is 13.3. The predicted octanol–water partition coefficient (Wildman–Crippen LogP) is 1.05. The number of amides is 2. The molecule has 5 N–H and O–H groups in total. The number of aromatic nitrogens is 2. The van der Waals surface area contributed by atoms with E-state index in [0.29, 0.717) is 17.0 Å². The van der Waals surface area contributed by atoms with Gasteiger partial charge in [0.15, 0.2) is 0 Å². The fourth-order valence-electron chi connectivity index (χ4n) is 3.39. The van der Waals surface area contributed by atoms with Crippen molar-refractivity contribution in [2.24, 2.45) is 5.73 Å². The van der Waals surface area contributed by atoms with E-state index in [2.05, 4.69) is 10.3 Å². The van der Waals surface area contributed by atoms with Gasteiger partial charge < -0.3 is 21.5 Å². The first-order valence-corrected chi connectivity index (χ1v) is 8.74. The molecule has 0 saturated carbocycles. The van der Waals surface area contributed by atoms with Crippen LogP contribution in [-0.4, -0.2) is 35.5 Å². The number of nitrogen functional groups attached to an aromatic ring is 1. The Balaban J connectivity index is 2.51. The molecule has 2 aromatic heterocycles. The molecule has 0 saturated heterocycles. The van der Waals surface area contributed by atoms with Crippen LogP contribution in [0, 0.1) is 13.8 Å². The Morgan fingerprint density at radius 3 is 2.45 bits per heavy atom. The molecule has 2 heterocycles. The molecule has 29 heavy (non-hydrogen) atoms. The van der Waals surface area contributed by atoms with Crippen molar-refractivity contribution in [2.75, 3.05) is 19.9 Å². The quantitative estimate of drug-likeness (QED) is 0.603. The van der Waals surface area contributed by atoms with Crippen molar-refractivity contribution in [3.05, 3.63) is 57.0 Å². The largest absolute Gasteiger partial charge is 0.496 e. The maximum absolute atomic E-state index is 13.3. The summed E-state index contributed by atoms with van der Waals surface area (Å²) in [6, 6.07) is 6.40. The zero-order chi connectivity index (χ0) is 21.5. The van der Waals surface area contributed by atoms with E-state index >= 15 is 0 Å². The Morgan fingerprint density at radius 2 is 1.86 bits per heavy atom. The van der Waals surface area contributed by atoms with Crippen LogP contribution in [0.25, 0.3) is 16.6 Å². The highest BCUT2D eigenvalue weighted by atomic mass is 16.5. The van der Waals surface area contributed by atoms with E-state index in [0.717, 1.165) is 5.56 Å². The number of nitrogens with two attached hydrogens (primary N) is 2. The number of carbonyl (C=O) groups excluding carboxylic acids is 2. The van der Waals surface area contributed by atoms with Gasteiger partial charge in [-0.25, -0.2) is 4.98 Å². The molecule has 0 bridgehead atoms. The summed E-state index contributed by atoms with van der Waals surface area (Å²) in [5.74, 6) is -0.924. The number of ether oxygens (including phenoxy) is 1. The molecule has 0 radical (unpaired) electrons. The molecule has 0 fully saturated rings. The molecule has 150 valence electrons. The van der Waals surface area contributed by atoms with Crippen LogP contribution >= 0.6 is 0 Å². The van der Waals surface area contributed by atoms with Crippen LogP contribution in [0.1, 0.15) is 32.0 Å². The number of carbonyl (C=O) groups is 2. The third-order valence-electron chi connectivity index (χ3n) is 4.80. The molecule has 0 unspecified atom stereocenters. The van der Waals surface area contributed by atoms with Gasteiger partial charge in [0, 0.05) is 12.6 Å². The van der Waals surface area contributed by atoms with Crippen LogP contribution in [0.4, 0.5) is 5.82 Å². The molecule has 0 atom stereocenters. The first-order valence-electron chi connectivity index (χ1n) is 8.74. The number of primary amides is 1. The lowest BCUT2D eigenvalue weighted by Crippen LogP contribution is -2.29.